The van der Waals surface area contributed by atoms with E-state index in [0.717, 1.165) is 9.79 Å². The van der Waals surface area contributed by atoms with Gasteiger partial charge in [-0.3, -0.25) is 0 Å². The number of isocyanates is 1. The second-order valence-electron chi connectivity index (χ2n) is 3.20. The van der Waals surface area contributed by atoms with Gasteiger partial charge in [-0.15, -0.1) is 0 Å². The van der Waals surface area contributed by atoms with Crippen molar-refractivity contribution in [1.82, 2.24) is 0 Å². The maximum absolute atomic E-state index is 10.3. The van der Waals surface area contributed by atoms with Crippen molar-refractivity contribution >= 4 is 35.1 Å². The van der Waals surface area contributed by atoms with Crippen molar-refractivity contribution in [3.8, 4) is 0 Å². The van der Waals surface area contributed by atoms with Crippen LogP contribution in [0.5, 0.6) is 0 Å². The summed E-state index contributed by atoms with van der Waals surface area (Å²) in [7, 11) is 0. The van der Waals surface area contributed by atoms with Gasteiger partial charge >= 0.3 is 0 Å². The van der Waals surface area contributed by atoms with Crippen LogP contribution in [0.3, 0.4) is 0 Å². The molecule has 0 heterocycles. The normalized spacial score (nSPS) is 9.71. The molecule has 0 radical (unpaired) electrons. The molecule has 0 fully saturated rings. The standard InChI is InChI=1S/C13H8ClNOS/c14-10-5-1-3-7-12(10)17-13-8-4-2-6-11(13)15-9-16/h1-8H. The highest BCUT2D eigenvalue weighted by Gasteiger charge is 2.05. The van der Waals surface area contributed by atoms with Gasteiger partial charge in [0.15, 0.2) is 0 Å². The SMILES string of the molecule is O=C=Nc1ccccc1Sc1ccccc1Cl. The fourth-order valence-electron chi connectivity index (χ4n) is 1.33. The first-order valence-electron chi connectivity index (χ1n) is 4.90. The van der Waals surface area contributed by atoms with Gasteiger partial charge in [0.25, 0.3) is 0 Å². The number of hydrogen-bond acceptors (Lipinski definition) is 3. The number of hydrogen-bond donors (Lipinski definition) is 0. The molecule has 0 N–H and O–H groups in total. The topological polar surface area (TPSA) is 29.4 Å². The fourth-order valence-corrected chi connectivity index (χ4v) is 2.50. The van der Waals surface area contributed by atoms with Gasteiger partial charge in [-0.05, 0) is 24.3 Å². The van der Waals surface area contributed by atoms with E-state index in [4.69, 9.17) is 11.6 Å². The zero-order valence-electron chi connectivity index (χ0n) is 8.76. The molecule has 0 spiro atoms. The van der Waals surface area contributed by atoms with Crippen LogP contribution >= 0.6 is 23.4 Å². The minimum atomic E-state index is 0.604. The van der Waals surface area contributed by atoms with Gasteiger partial charge < -0.3 is 0 Å². The molecule has 2 aromatic rings. The molecule has 0 saturated carbocycles. The number of benzene rings is 2. The van der Waals surface area contributed by atoms with Gasteiger partial charge in [0.1, 0.15) is 0 Å². The van der Waals surface area contributed by atoms with E-state index in [9.17, 15) is 4.79 Å². The molecule has 0 aliphatic heterocycles. The third-order valence-electron chi connectivity index (χ3n) is 2.09. The van der Waals surface area contributed by atoms with Crippen molar-refractivity contribution in [3.05, 3.63) is 53.6 Å². The molecule has 0 aliphatic carbocycles. The van der Waals surface area contributed by atoms with Crippen molar-refractivity contribution in [2.75, 3.05) is 0 Å². The quantitative estimate of drug-likeness (QED) is 0.603. The van der Waals surface area contributed by atoms with Crippen LogP contribution < -0.4 is 0 Å². The number of carbonyl (C=O) groups excluding carboxylic acids is 1. The lowest BCUT2D eigenvalue weighted by Gasteiger charge is -2.05. The molecule has 0 unspecified atom stereocenters. The molecule has 2 nitrogen and oxygen atoms in total. The molecule has 4 heteroatoms. The summed E-state index contributed by atoms with van der Waals surface area (Å²) in [5, 5.41) is 0.683. The molecule has 0 aliphatic rings. The van der Waals surface area contributed by atoms with Gasteiger partial charge in [-0.25, -0.2) is 4.79 Å². The van der Waals surface area contributed by atoms with E-state index < -0.39 is 0 Å². The van der Waals surface area contributed by atoms with Crippen molar-refractivity contribution in [3.63, 3.8) is 0 Å². The first-order chi connectivity index (χ1) is 8.31. The van der Waals surface area contributed by atoms with Gasteiger partial charge in [0.2, 0.25) is 6.08 Å². The third-order valence-corrected chi connectivity index (χ3v) is 3.67. The predicted molar refractivity (Wildman–Crippen MR) is 69.8 cm³/mol. The average Bonchev–Trinajstić information content (AvgIpc) is 2.35. The Balaban J connectivity index is 2.36. The molecule has 2 aromatic carbocycles. The Bertz CT molecular complexity index is 579. The van der Waals surface area contributed by atoms with Crippen LogP contribution in [0.4, 0.5) is 5.69 Å². The lowest BCUT2D eigenvalue weighted by atomic mass is 10.3. The highest BCUT2D eigenvalue weighted by molar-refractivity contribution is 7.99. The number of nitrogens with zero attached hydrogens (tertiary/aromatic N) is 1. The first kappa shape index (κ1) is 11.9. The summed E-state index contributed by atoms with van der Waals surface area (Å²) in [5.41, 5.74) is 0.604. The van der Waals surface area contributed by atoms with Crippen LogP contribution in [0.25, 0.3) is 0 Å². The Labute approximate surface area is 108 Å². The summed E-state index contributed by atoms with van der Waals surface area (Å²) < 4.78 is 0. The molecule has 0 amide bonds. The van der Waals surface area contributed by atoms with Crippen molar-refractivity contribution < 1.29 is 4.79 Å². The summed E-state index contributed by atoms with van der Waals surface area (Å²) in [4.78, 5) is 15.8. The third kappa shape index (κ3) is 2.98. The van der Waals surface area contributed by atoms with E-state index in [1.165, 1.54) is 11.8 Å². The molecule has 0 saturated heterocycles. The van der Waals surface area contributed by atoms with Crippen molar-refractivity contribution in [1.29, 1.82) is 0 Å². The smallest absolute Gasteiger partial charge is 0.211 e. The first-order valence-corrected chi connectivity index (χ1v) is 6.10. The molecule has 84 valence electrons. The van der Waals surface area contributed by atoms with Gasteiger partial charge in [0.05, 0.1) is 10.7 Å². The number of aliphatic imine (C=N–C) groups is 1. The largest absolute Gasteiger partial charge is 0.240 e. The van der Waals surface area contributed by atoms with Crippen LogP contribution in [0.1, 0.15) is 0 Å². The second-order valence-corrected chi connectivity index (χ2v) is 4.69. The Kier molecular flexibility index (Phi) is 3.99. The lowest BCUT2D eigenvalue weighted by molar-refractivity contribution is 0.565. The Hall–Kier alpha value is -1.54. The zero-order valence-corrected chi connectivity index (χ0v) is 10.3. The maximum atomic E-state index is 10.3. The minimum absolute atomic E-state index is 0.604. The molecule has 2 rings (SSSR count). The highest BCUT2D eigenvalue weighted by Crippen LogP contribution is 2.37. The van der Waals surface area contributed by atoms with Crippen LogP contribution in [-0.4, -0.2) is 6.08 Å². The monoisotopic (exact) mass is 261 g/mol. The summed E-state index contributed by atoms with van der Waals surface area (Å²) in [6.07, 6.45) is 1.55. The van der Waals surface area contributed by atoms with Gasteiger partial charge in [0, 0.05) is 9.79 Å². The number of para-hydroxylation sites is 1. The van der Waals surface area contributed by atoms with Crippen molar-refractivity contribution in [2.45, 2.75) is 9.79 Å². The maximum Gasteiger partial charge on any atom is 0.240 e. The number of rotatable bonds is 3. The van der Waals surface area contributed by atoms with Crippen LogP contribution in [0, 0.1) is 0 Å². The summed E-state index contributed by atoms with van der Waals surface area (Å²) in [6.45, 7) is 0. The average molecular weight is 262 g/mol. The molecule has 0 bridgehead atoms. The van der Waals surface area contributed by atoms with Gasteiger partial charge in [-0.1, -0.05) is 47.6 Å². The van der Waals surface area contributed by atoms with E-state index in [0.29, 0.717) is 10.7 Å². The lowest BCUT2D eigenvalue weighted by Crippen LogP contribution is -1.76. The molecule has 0 aromatic heterocycles. The minimum Gasteiger partial charge on any atom is -0.211 e. The number of halogens is 1. The van der Waals surface area contributed by atoms with Crippen LogP contribution in [-0.2, 0) is 4.79 Å². The Morgan fingerprint density at radius 1 is 1.00 bits per heavy atom. The van der Waals surface area contributed by atoms with Gasteiger partial charge in [-0.2, -0.15) is 4.99 Å². The molecular weight excluding hydrogens is 254 g/mol. The molecule has 0 atom stereocenters. The van der Waals surface area contributed by atoms with E-state index >= 15 is 0 Å². The predicted octanol–water partition coefficient (Wildman–Crippen LogP) is 4.46. The summed E-state index contributed by atoms with van der Waals surface area (Å²) in [6, 6.07) is 14.9. The Morgan fingerprint density at radius 2 is 1.65 bits per heavy atom. The van der Waals surface area contributed by atoms with Crippen LogP contribution in [0.2, 0.25) is 5.02 Å². The fraction of sp³-hybridized carbons (Fsp3) is 0. The van der Waals surface area contributed by atoms with E-state index in [1.807, 2.05) is 42.5 Å². The Morgan fingerprint density at radius 3 is 2.35 bits per heavy atom. The highest BCUT2D eigenvalue weighted by atomic mass is 35.5. The van der Waals surface area contributed by atoms with E-state index in [1.54, 1.807) is 12.1 Å². The van der Waals surface area contributed by atoms with E-state index in [2.05, 4.69) is 4.99 Å². The summed E-state index contributed by atoms with van der Waals surface area (Å²) in [5.74, 6) is 0. The van der Waals surface area contributed by atoms with Crippen LogP contribution in [0.15, 0.2) is 63.3 Å². The second kappa shape index (κ2) is 5.69. The summed E-state index contributed by atoms with van der Waals surface area (Å²) >= 11 is 7.55. The van der Waals surface area contributed by atoms with Crippen molar-refractivity contribution in [2.24, 2.45) is 4.99 Å². The van der Waals surface area contributed by atoms with E-state index in [-0.39, 0.29) is 0 Å². The zero-order chi connectivity index (χ0) is 12.1. The molecule has 17 heavy (non-hydrogen) atoms. The molecular formula is C13H8ClNOS.